The topological polar surface area (TPSA) is 78.9 Å². The number of hydrogen-bond donors (Lipinski definition) is 0. The molecule has 1 unspecified atom stereocenters. The van der Waals surface area contributed by atoms with Gasteiger partial charge < -0.3 is 14.2 Å². The van der Waals surface area contributed by atoms with Crippen molar-refractivity contribution in [3.63, 3.8) is 0 Å². The lowest BCUT2D eigenvalue weighted by Gasteiger charge is -2.18. The Balaban J connectivity index is 4.37. The highest BCUT2D eigenvalue weighted by Gasteiger charge is 2.19. The first kappa shape index (κ1) is 64.6. The number of esters is 3. The summed E-state index contributed by atoms with van der Waals surface area (Å²) in [6.07, 6.45) is 67.0. The first-order chi connectivity index (χ1) is 33.0. The van der Waals surface area contributed by atoms with Gasteiger partial charge in [0, 0.05) is 19.3 Å². The molecule has 0 saturated heterocycles. The molecule has 6 nitrogen and oxygen atoms in total. The van der Waals surface area contributed by atoms with Gasteiger partial charge >= 0.3 is 17.9 Å². The SMILES string of the molecule is CCCCCCCC/C=C\CCCCCCCCCC(=O)OC(COC(=O)CCCCCCC/C=C\C=C/CCCCCCCCC)COC(=O)CCCCCCCCCCCCCCCC. The van der Waals surface area contributed by atoms with Gasteiger partial charge in [-0.25, -0.2) is 0 Å². The van der Waals surface area contributed by atoms with E-state index in [0.29, 0.717) is 19.3 Å². The summed E-state index contributed by atoms with van der Waals surface area (Å²) in [5.74, 6) is -0.877. The van der Waals surface area contributed by atoms with Crippen LogP contribution in [0, 0.1) is 0 Å². The summed E-state index contributed by atoms with van der Waals surface area (Å²) in [5.41, 5.74) is 0. The summed E-state index contributed by atoms with van der Waals surface area (Å²) >= 11 is 0. The van der Waals surface area contributed by atoms with Gasteiger partial charge in [0.25, 0.3) is 0 Å². The van der Waals surface area contributed by atoms with Crippen molar-refractivity contribution in [2.75, 3.05) is 13.2 Å². The predicted octanol–water partition coefficient (Wildman–Crippen LogP) is 19.7. The molecule has 0 aliphatic heterocycles. The van der Waals surface area contributed by atoms with Gasteiger partial charge in [-0.15, -0.1) is 0 Å². The van der Waals surface area contributed by atoms with Crippen LogP contribution >= 0.6 is 0 Å². The first-order valence-corrected chi connectivity index (χ1v) is 29.5. The van der Waals surface area contributed by atoms with Crippen LogP contribution in [0.1, 0.15) is 316 Å². The molecule has 6 heteroatoms. The van der Waals surface area contributed by atoms with E-state index in [0.717, 1.165) is 77.0 Å². The Hall–Kier alpha value is -2.37. The van der Waals surface area contributed by atoms with Gasteiger partial charge in [0.05, 0.1) is 0 Å². The molecule has 0 N–H and O–H groups in total. The molecular formula is C61H112O6. The van der Waals surface area contributed by atoms with Crippen LogP contribution < -0.4 is 0 Å². The smallest absolute Gasteiger partial charge is 0.306 e. The zero-order chi connectivity index (χ0) is 48.6. The van der Waals surface area contributed by atoms with Crippen molar-refractivity contribution < 1.29 is 28.6 Å². The molecule has 0 aromatic carbocycles. The molecule has 0 heterocycles. The zero-order valence-corrected chi connectivity index (χ0v) is 44.9. The lowest BCUT2D eigenvalue weighted by Crippen LogP contribution is -2.30. The lowest BCUT2D eigenvalue weighted by atomic mass is 10.0. The third-order valence-electron chi connectivity index (χ3n) is 13.1. The van der Waals surface area contributed by atoms with Crippen LogP contribution in [0.15, 0.2) is 36.5 Å². The summed E-state index contributed by atoms with van der Waals surface area (Å²) in [4.78, 5) is 38.2. The minimum atomic E-state index is -0.778. The van der Waals surface area contributed by atoms with Crippen LogP contribution in [-0.4, -0.2) is 37.2 Å². The standard InChI is InChI=1S/C61H112O6/c1-4-7-10-13-16-19-22-25-28-30-32-33-36-39-42-45-48-51-54-60(63)66-57-58(56-65-59(62)53-50-47-44-41-38-35-27-24-21-18-15-12-9-6-3)67-61(64)55-52-49-46-43-40-37-34-31-29-26-23-20-17-14-11-8-5-2/h26,28-30,32-33,58H,4-25,27,31,34-57H2,1-3H3/b29-26-,30-28-,33-32-. The van der Waals surface area contributed by atoms with E-state index in [9.17, 15) is 14.4 Å². The summed E-state index contributed by atoms with van der Waals surface area (Å²) < 4.78 is 16.9. The maximum absolute atomic E-state index is 12.9. The van der Waals surface area contributed by atoms with E-state index in [1.54, 1.807) is 0 Å². The van der Waals surface area contributed by atoms with Gasteiger partial charge in [-0.2, -0.15) is 0 Å². The molecule has 0 rings (SSSR count). The number of carbonyl (C=O) groups excluding carboxylic acids is 3. The Bertz CT molecular complexity index is 1130. The number of allylic oxidation sites excluding steroid dienone is 6. The molecule has 0 fully saturated rings. The molecule has 0 aliphatic carbocycles. The average Bonchev–Trinajstić information content (AvgIpc) is 3.33. The van der Waals surface area contributed by atoms with Gasteiger partial charge in [0.1, 0.15) is 13.2 Å². The molecule has 0 aromatic heterocycles. The summed E-state index contributed by atoms with van der Waals surface area (Å²) in [6.45, 7) is 6.66. The van der Waals surface area contributed by atoms with Gasteiger partial charge in [-0.05, 0) is 70.6 Å². The molecule has 1 atom stereocenters. The third kappa shape index (κ3) is 54.4. The van der Waals surface area contributed by atoms with E-state index in [4.69, 9.17) is 14.2 Å². The fraction of sp³-hybridized carbons (Fsp3) is 0.852. The largest absolute Gasteiger partial charge is 0.462 e. The van der Waals surface area contributed by atoms with Crippen molar-refractivity contribution in [2.45, 2.75) is 322 Å². The van der Waals surface area contributed by atoms with Crippen molar-refractivity contribution in [1.82, 2.24) is 0 Å². The number of hydrogen-bond acceptors (Lipinski definition) is 6. The fourth-order valence-electron chi connectivity index (χ4n) is 8.67. The Morgan fingerprint density at radius 3 is 0.836 bits per heavy atom. The van der Waals surface area contributed by atoms with Crippen molar-refractivity contribution in [1.29, 1.82) is 0 Å². The molecular weight excluding hydrogens is 829 g/mol. The molecule has 67 heavy (non-hydrogen) atoms. The fourth-order valence-corrected chi connectivity index (χ4v) is 8.67. The molecule has 0 spiro atoms. The van der Waals surface area contributed by atoms with E-state index in [-0.39, 0.29) is 31.1 Å². The van der Waals surface area contributed by atoms with Crippen LogP contribution in [-0.2, 0) is 28.6 Å². The molecule has 0 radical (unpaired) electrons. The average molecular weight is 942 g/mol. The van der Waals surface area contributed by atoms with E-state index >= 15 is 0 Å². The van der Waals surface area contributed by atoms with E-state index < -0.39 is 6.10 Å². The van der Waals surface area contributed by atoms with Gasteiger partial charge in [-0.3, -0.25) is 14.4 Å². The van der Waals surface area contributed by atoms with E-state index in [1.807, 2.05) is 0 Å². The maximum Gasteiger partial charge on any atom is 0.306 e. The molecule has 0 amide bonds. The lowest BCUT2D eigenvalue weighted by molar-refractivity contribution is -0.167. The Morgan fingerprint density at radius 1 is 0.299 bits per heavy atom. The second-order valence-corrected chi connectivity index (χ2v) is 19.9. The maximum atomic E-state index is 12.9. The molecule has 392 valence electrons. The van der Waals surface area contributed by atoms with Crippen LogP contribution in [0.2, 0.25) is 0 Å². The first-order valence-electron chi connectivity index (χ1n) is 29.5. The highest BCUT2D eigenvalue weighted by molar-refractivity contribution is 5.71. The van der Waals surface area contributed by atoms with Crippen molar-refractivity contribution >= 4 is 17.9 Å². The number of rotatable bonds is 54. The van der Waals surface area contributed by atoms with Crippen molar-refractivity contribution in [2.24, 2.45) is 0 Å². The minimum Gasteiger partial charge on any atom is -0.462 e. The summed E-state index contributed by atoms with van der Waals surface area (Å²) in [5, 5.41) is 0. The van der Waals surface area contributed by atoms with Crippen LogP contribution in [0.4, 0.5) is 0 Å². The van der Waals surface area contributed by atoms with Gasteiger partial charge in [0.2, 0.25) is 0 Å². The predicted molar refractivity (Wildman–Crippen MR) is 289 cm³/mol. The number of unbranched alkanes of at least 4 members (excludes halogenated alkanes) is 38. The van der Waals surface area contributed by atoms with Crippen LogP contribution in [0.3, 0.4) is 0 Å². The monoisotopic (exact) mass is 941 g/mol. The second kappa shape index (κ2) is 56.2. The van der Waals surface area contributed by atoms with Crippen LogP contribution in [0.5, 0.6) is 0 Å². The number of ether oxygens (including phenoxy) is 3. The normalized spacial score (nSPS) is 12.2. The molecule has 0 saturated carbocycles. The molecule has 0 aliphatic rings. The highest BCUT2D eigenvalue weighted by Crippen LogP contribution is 2.16. The molecule has 0 aromatic rings. The van der Waals surface area contributed by atoms with Gasteiger partial charge in [-0.1, -0.05) is 263 Å². The van der Waals surface area contributed by atoms with Gasteiger partial charge in [0.15, 0.2) is 6.10 Å². The Morgan fingerprint density at radius 2 is 0.537 bits per heavy atom. The quantitative estimate of drug-likeness (QED) is 0.0199. The summed E-state index contributed by atoms with van der Waals surface area (Å²) in [7, 11) is 0. The number of carbonyl (C=O) groups is 3. The zero-order valence-electron chi connectivity index (χ0n) is 44.9. The van der Waals surface area contributed by atoms with E-state index in [2.05, 4.69) is 57.2 Å². The Labute approximate surface area is 416 Å². The summed E-state index contributed by atoms with van der Waals surface area (Å²) in [6, 6.07) is 0. The van der Waals surface area contributed by atoms with Crippen molar-refractivity contribution in [3.8, 4) is 0 Å². The minimum absolute atomic E-state index is 0.0753. The molecule has 0 bridgehead atoms. The van der Waals surface area contributed by atoms with Crippen molar-refractivity contribution in [3.05, 3.63) is 36.5 Å². The third-order valence-corrected chi connectivity index (χ3v) is 13.1. The van der Waals surface area contributed by atoms with E-state index in [1.165, 1.54) is 199 Å². The second-order valence-electron chi connectivity index (χ2n) is 19.9. The highest BCUT2D eigenvalue weighted by atomic mass is 16.6. The Kier molecular flexibility index (Phi) is 54.2. The van der Waals surface area contributed by atoms with Crippen LogP contribution in [0.25, 0.3) is 0 Å².